The number of halogens is 1. The number of nitrogens with zero attached hydrogens (tertiary/aromatic N) is 2. The van der Waals surface area contributed by atoms with Gasteiger partial charge in [-0.1, -0.05) is 13.8 Å². The lowest BCUT2D eigenvalue weighted by molar-refractivity contribution is 0.0497. The highest BCUT2D eigenvalue weighted by atomic mass is 31.2. The molecule has 0 spiro atoms. The predicted molar refractivity (Wildman–Crippen MR) is 157 cm³/mol. The Morgan fingerprint density at radius 2 is 1.88 bits per heavy atom. The van der Waals surface area contributed by atoms with Crippen LogP contribution in [0.25, 0.3) is 10.9 Å². The number of ether oxygens (including phenoxy) is 2. The fourth-order valence-electron chi connectivity index (χ4n) is 5.78. The van der Waals surface area contributed by atoms with Crippen molar-refractivity contribution in [2.75, 3.05) is 38.3 Å². The number of nitrogens with one attached hydrogen (secondary N) is 1. The van der Waals surface area contributed by atoms with Gasteiger partial charge in [-0.25, -0.2) is 9.18 Å². The van der Waals surface area contributed by atoms with E-state index in [1.165, 1.54) is 19.4 Å². The van der Waals surface area contributed by atoms with Gasteiger partial charge in [0.05, 0.1) is 30.0 Å². The van der Waals surface area contributed by atoms with Crippen molar-refractivity contribution >= 4 is 39.3 Å². The molecule has 2 atom stereocenters. The summed E-state index contributed by atoms with van der Waals surface area (Å²) in [6, 6.07) is 1.51. The van der Waals surface area contributed by atoms with Crippen LogP contribution in [-0.4, -0.2) is 74.9 Å². The lowest BCUT2D eigenvalue weighted by Crippen LogP contribution is -2.40. The Balaban J connectivity index is 0.00000189. The third-order valence-electron chi connectivity index (χ3n) is 7.85. The van der Waals surface area contributed by atoms with E-state index in [9.17, 15) is 29.2 Å². The molecule has 1 aliphatic carbocycles. The van der Waals surface area contributed by atoms with Gasteiger partial charge >= 0.3 is 5.97 Å². The third kappa shape index (κ3) is 6.85. The zero-order valence-electron chi connectivity index (χ0n) is 23.6. The second-order valence-electron chi connectivity index (χ2n) is 10.4. The molecule has 0 bridgehead atoms. The molecule has 1 aromatic heterocycles. The topological polar surface area (TPSA) is 154 Å². The molecule has 1 saturated carbocycles. The SMILES string of the molecule is CC.COc1c(N2CC3CCCNC3C2)c(F)cc2c(=O)c(C(=O)OCCCC(P(O)O)P(O)O)cn(C3CC3)c12. The van der Waals surface area contributed by atoms with E-state index in [0.29, 0.717) is 30.2 Å². The summed E-state index contributed by atoms with van der Waals surface area (Å²) in [6.07, 6.45) is 5.47. The molecule has 5 N–H and O–H groups in total. The van der Waals surface area contributed by atoms with Crippen LogP contribution in [0.4, 0.5) is 10.1 Å². The summed E-state index contributed by atoms with van der Waals surface area (Å²) in [7, 11) is -3.63. The van der Waals surface area contributed by atoms with Crippen molar-refractivity contribution in [1.82, 2.24) is 9.88 Å². The number of rotatable bonds is 10. The summed E-state index contributed by atoms with van der Waals surface area (Å²) in [4.78, 5) is 65.6. The van der Waals surface area contributed by atoms with Gasteiger partial charge in [-0.05, 0) is 57.1 Å². The molecule has 3 aliphatic rings. The zero-order chi connectivity index (χ0) is 29.8. The van der Waals surface area contributed by atoms with Crippen LogP contribution in [-0.2, 0) is 4.74 Å². The Hall–Kier alpha value is -1.91. The van der Waals surface area contributed by atoms with Crippen molar-refractivity contribution in [3.63, 3.8) is 0 Å². The van der Waals surface area contributed by atoms with Gasteiger partial charge in [-0.3, -0.25) is 4.79 Å². The molecule has 2 unspecified atom stereocenters. The minimum Gasteiger partial charge on any atom is -0.492 e. The molecule has 2 aromatic rings. The second kappa shape index (κ2) is 14.0. The van der Waals surface area contributed by atoms with E-state index in [-0.39, 0.29) is 48.2 Å². The summed E-state index contributed by atoms with van der Waals surface area (Å²) < 4.78 is 28.6. The smallest absolute Gasteiger partial charge is 0.343 e. The van der Waals surface area contributed by atoms with E-state index >= 15 is 4.39 Å². The van der Waals surface area contributed by atoms with Gasteiger partial charge in [-0.2, -0.15) is 0 Å². The first-order valence-corrected chi connectivity index (χ1v) is 16.8. The monoisotopic (exact) mass is 615 g/mol. The fraction of sp³-hybridized carbons (Fsp3) is 0.630. The van der Waals surface area contributed by atoms with Gasteiger partial charge in [0, 0.05) is 31.4 Å². The summed E-state index contributed by atoms with van der Waals surface area (Å²) >= 11 is 0. The summed E-state index contributed by atoms with van der Waals surface area (Å²) in [5.41, 5.74) is -0.0918. The van der Waals surface area contributed by atoms with Gasteiger partial charge in [0.25, 0.3) is 0 Å². The molecule has 3 heterocycles. The summed E-state index contributed by atoms with van der Waals surface area (Å²) in [5.74, 6) is -0.757. The standard InChI is InChI=1S/C25H34FN3O8P2.C2H6/c1-36-24-21-16(10-18(26)22(24)28-11-14-4-2-8-27-19(14)13-28)23(30)17(12-29(21)15-6-7-15)25(31)37-9-3-5-20(38(32)33)39(34)35;1-2/h10,12,14-15,19-20,27,32-35H,2-9,11,13H2,1H3;1-2H3. The maximum atomic E-state index is 15.7. The van der Waals surface area contributed by atoms with Crippen molar-refractivity contribution in [2.45, 2.75) is 69.9 Å². The molecule has 0 amide bonds. The van der Waals surface area contributed by atoms with Crippen molar-refractivity contribution in [1.29, 1.82) is 0 Å². The Morgan fingerprint density at radius 1 is 1.17 bits per heavy atom. The van der Waals surface area contributed by atoms with Gasteiger partial charge in [0.15, 0.2) is 28.3 Å². The fourth-order valence-corrected chi connectivity index (χ4v) is 7.34. The molecule has 41 heavy (non-hydrogen) atoms. The molecule has 14 heteroatoms. The number of anilines is 1. The van der Waals surface area contributed by atoms with Crippen LogP contribution in [0.2, 0.25) is 0 Å². The number of carbonyl (C=O) groups excluding carboxylic acids is 1. The van der Waals surface area contributed by atoms with E-state index in [0.717, 1.165) is 32.2 Å². The van der Waals surface area contributed by atoms with E-state index in [4.69, 9.17) is 9.47 Å². The Kier molecular flexibility index (Phi) is 11.0. The zero-order valence-corrected chi connectivity index (χ0v) is 25.4. The molecular weight excluding hydrogens is 575 g/mol. The van der Waals surface area contributed by atoms with E-state index in [1.807, 2.05) is 23.3 Å². The Labute approximate surface area is 241 Å². The molecular formula is C27H40FN3O8P2. The van der Waals surface area contributed by atoms with Gasteiger partial charge in [0.1, 0.15) is 11.3 Å². The Bertz CT molecular complexity index is 1270. The van der Waals surface area contributed by atoms with Crippen LogP contribution in [0.3, 0.4) is 0 Å². The molecule has 11 nitrogen and oxygen atoms in total. The third-order valence-corrected chi connectivity index (χ3v) is 10.7. The normalized spacial score (nSPS) is 20.4. The highest BCUT2D eigenvalue weighted by Gasteiger charge is 2.38. The molecule has 2 aliphatic heterocycles. The number of piperidine rings is 1. The van der Waals surface area contributed by atoms with Crippen LogP contribution < -0.4 is 20.4 Å². The van der Waals surface area contributed by atoms with Crippen LogP contribution in [0, 0.1) is 11.7 Å². The lowest BCUT2D eigenvalue weighted by atomic mass is 9.94. The molecule has 2 saturated heterocycles. The van der Waals surface area contributed by atoms with Crippen molar-refractivity contribution in [3.05, 3.63) is 33.9 Å². The first-order valence-electron chi connectivity index (χ1n) is 14.2. The molecule has 1 aromatic carbocycles. The number of esters is 1. The number of hydrogen-bond acceptors (Lipinski definition) is 10. The largest absolute Gasteiger partial charge is 0.492 e. The van der Waals surface area contributed by atoms with Gasteiger partial charge in [0.2, 0.25) is 5.43 Å². The number of carbonyl (C=O) groups is 1. The number of benzene rings is 1. The Morgan fingerprint density at radius 3 is 2.49 bits per heavy atom. The van der Waals surface area contributed by atoms with Crippen molar-refractivity contribution in [3.8, 4) is 5.75 Å². The van der Waals surface area contributed by atoms with Gasteiger partial charge < -0.3 is 43.8 Å². The minimum absolute atomic E-state index is 0.0215. The van der Waals surface area contributed by atoms with E-state index in [2.05, 4.69) is 5.32 Å². The van der Waals surface area contributed by atoms with E-state index < -0.39 is 39.4 Å². The average molecular weight is 616 g/mol. The van der Waals surface area contributed by atoms with Crippen LogP contribution in [0.15, 0.2) is 17.1 Å². The molecule has 0 radical (unpaired) electrons. The number of fused-ring (bicyclic) bond motifs is 2. The van der Waals surface area contributed by atoms with Crippen LogP contribution in [0.5, 0.6) is 5.75 Å². The molecule has 228 valence electrons. The average Bonchev–Trinajstić information content (AvgIpc) is 3.71. The van der Waals surface area contributed by atoms with Crippen LogP contribution >= 0.6 is 16.8 Å². The first kappa shape index (κ1) is 32.0. The number of methoxy groups -OCH3 is 1. The number of pyridine rings is 1. The highest BCUT2D eigenvalue weighted by molar-refractivity contribution is 7.64. The van der Waals surface area contributed by atoms with Crippen molar-refractivity contribution < 1.29 is 38.2 Å². The summed E-state index contributed by atoms with van der Waals surface area (Å²) in [5, 5.41) is 2.47. The molecule has 3 fully saturated rings. The quantitative estimate of drug-likeness (QED) is 0.152. The summed E-state index contributed by atoms with van der Waals surface area (Å²) in [6.45, 7) is 6.12. The highest BCUT2D eigenvalue weighted by Crippen LogP contribution is 2.51. The second-order valence-corrected chi connectivity index (χ2v) is 13.3. The minimum atomic E-state index is -2.55. The van der Waals surface area contributed by atoms with E-state index in [1.54, 1.807) is 0 Å². The maximum absolute atomic E-state index is 15.7. The lowest BCUT2D eigenvalue weighted by Gasteiger charge is -2.25. The van der Waals surface area contributed by atoms with Crippen molar-refractivity contribution in [2.24, 2.45) is 5.92 Å². The maximum Gasteiger partial charge on any atom is 0.343 e. The predicted octanol–water partition coefficient (Wildman–Crippen LogP) is 3.55. The number of aromatic nitrogens is 1. The first-order chi connectivity index (χ1) is 19.7. The van der Waals surface area contributed by atoms with Crippen LogP contribution in [0.1, 0.15) is 68.8 Å². The number of hydrogen-bond donors (Lipinski definition) is 5. The van der Waals surface area contributed by atoms with Gasteiger partial charge in [-0.15, -0.1) is 0 Å². The molecule has 5 rings (SSSR count).